The Morgan fingerprint density at radius 1 is 1.50 bits per heavy atom. The lowest BCUT2D eigenvalue weighted by molar-refractivity contribution is 1.49. The molecular weight excluding hydrogens is 234 g/mol. The molecule has 70 valence electrons. The van der Waals surface area contributed by atoms with Crippen LogP contribution in [0.15, 0.2) is 22.4 Å². The van der Waals surface area contributed by atoms with E-state index in [-0.39, 0.29) is 0 Å². The summed E-state index contributed by atoms with van der Waals surface area (Å²) in [6.07, 6.45) is 2.02. The van der Waals surface area contributed by atoms with Crippen molar-refractivity contribution in [2.45, 2.75) is 4.90 Å². The van der Waals surface area contributed by atoms with Gasteiger partial charge in [0.25, 0.3) is 0 Å². The first-order valence-electron chi connectivity index (χ1n) is 3.91. The Morgan fingerprint density at radius 2 is 2.29 bits per heavy atom. The highest BCUT2D eigenvalue weighted by molar-refractivity contribution is 7.99. The average Bonchev–Trinajstić information content (AvgIpc) is 2.61. The van der Waals surface area contributed by atoms with E-state index in [4.69, 9.17) is 16.9 Å². The van der Waals surface area contributed by atoms with E-state index >= 15 is 0 Å². The van der Waals surface area contributed by atoms with Crippen molar-refractivity contribution in [3.63, 3.8) is 0 Å². The number of nitrogens with zero attached hydrogens (tertiary/aromatic N) is 1. The first kappa shape index (κ1) is 9.85. The summed E-state index contributed by atoms with van der Waals surface area (Å²) in [4.78, 5) is 1.18. The maximum absolute atomic E-state index is 8.81. The third-order valence-electron chi connectivity index (χ3n) is 1.94. The van der Waals surface area contributed by atoms with Crippen molar-refractivity contribution in [2.75, 3.05) is 6.26 Å². The second-order valence-electron chi connectivity index (χ2n) is 2.75. The zero-order valence-electron chi connectivity index (χ0n) is 7.37. The van der Waals surface area contributed by atoms with Gasteiger partial charge in [0.2, 0.25) is 0 Å². The number of nitriles is 1. The van der Waals surface area contributed by atoms with Gasteiger partial charge < -0.3 is 0 Å². The Balaban J connectivity index is 2.82. The van der Waals surface area contributed by atoms with Crippen LogP contribution in [0.2, 0.25) is 5.02 Å². The molecule has 1 aromatic heterocycles. The molecule has 1 aromatic carbocycles. The van der Waals surface area contributed by atoms with E-state index in [0.29, 0.717) is 10.6 Å². The molecule has 0 N–H and O–H groups in total. The standard InChI is InChI=1S/C10H6ClNS2/c1-13-9-5-14-10-7(9)2-6(4-12)3-8(10)11/h2-3,5H,1H3. The number of thioether (sulfide) groups is 1. The lowest BCUT2D eigenvalue weighted by Gasteiger charge is -1.97. The summed E-state index contributed by atoms with van der Waals surface area (Å²) in [7, 11) is 0. The third kappa shape index (κ3) is 1.50. The SMILES string of the molecule is CSc1csc2c(Cl)cc(C#N)cc12. The summed E-state index contributed by atoms with van der Waals surface area (Å²) < 4.78 is 1.06. The number of fused-ring (bicyclic) bond motifs is 1. The summed E-state index contributed by atoms with van der Waals surface area (Å²) in [5, 5.41) is 12.6. The fraction of sp³-hybridized carbons (Fsp3) is 0.100. The second kappa shape index (κ2) is 3.82. The number of benzene rings is 1. The topological polar surface area (TPSA) is 23.8 Å². The van der Waals surface area contributed by atoms with E-state index in [1.54, 1.807) is 29.2 Å². The van der Waals surface area contributed by atoms with Gasteiger partial charge in [-0.05, 0) is 18.4 Å². The quantitative estimate of drug-likeness (QED) is 0.698. The molecule has 0 aliphatic rings. The Labute approximate surface area is 95.3 Å². The molecule has 2 aromatic rings. The van der Waals surface area contributed by atoms with Gasteiger partial charge in [0, 0.05) is 15.7 Å². The first-order valence-corrected chi connectivity index (χ1v) is 6.39. The van der Waals surface area contributed by atoms with Gasteiger partial charge in [-0.2, -0.15) is 5.26 Å². The van der Waals surface area contributed by atoms with E-state index in [0.717, 1.165) is 10.1 Å². The molecule has 0 spiro atoms. The maximum atomic E-state index is 8.81. The minimum Gasteiger partial charge on any atom is -0.192 e. The van der Waals surface area contributed by atoms with Crippen LogP contribution in [-0.2, 0) is 0 Å². The summed E-state index contributed by atoms with van der Waals surface area (Å²) in [6.45, 7) is 0. The minimum absolute atomic E-state index is 0.621. The van der Waals surface area contributed by atoms with Gasteiger partial charge in [0.15, 0.2) is 0 Å². The number of rotatable bonds is 1. The number of hydrogen-bond donors (Lipinski definition) is 0. The van der Waals surface area contributed by atoms with Crippen LogP contribution in [0.5, 0.6) is 0 Å². The summed E-state index contributed by atoms with van der Waals surface area (Å²) in [6, 6.07) is 5.72. The fourth-order valence-corrected chi connectivity index (χ4v) is 3.44. The van der Waals surface area contributed by atoms with Crippen molar-refractivity contribution in [1.29, 1.82) is 5.26 Å². The van der Waals surface area contributed by atoms with Crippen LogP contribution in [-0.4, -0.2) is 6.26 Å². The van der Waals surface area contributed by atoms with Gasteiger partial charge in [0.05, 0.1) is 21.4 Å². The van der Waals surface area contributed by atoms with Gasteiger partial charge in [-0.3, -0.25) is 0 Å². The van der Waals surface area contributed by atoms with Crippen molar-refractivity contribution < 1.29 is 0 Å². The van der Waals surface area contributed by atoms with E-state index in [1.165, 1.54) is 4.90 Å². The molecule has 0 aliphatic heterocycles. The van der Waals surface area contributed by atoms with Crippen LogP contribution in [0.25, 0.3) is 10.1 Å². The molecule has 0 saturated carbocycles. The zero-order valence-corrected chi connectivity index (χ0v) is 9.76. The van der Waals surface area contributed by atoms with E-state index in [1.807, 2.05) is 12.3 Å². The molecule has 0 aliphatic carbocycles. The summed E-state index contributed by atoms with van der Waals surface area (Å²) in [5.41, 5.74) is 0.621. The molecule has 0 amide bonds. The molecule has 0 radical (unpaired) electrons. The average molecular weight is 240 g/mol. The Kier molecular flexibility index (Phi) is 2.69. The largest absolute Gasteiger partial charge is 0.192 e. The molecule has 1 heterocycles. The van der Waals surface area contributed by atoms with Crippen LogP contribution in [0.3, 0.4) is 0 Å². The van der Waals surface area contributed by atoms with Crippen molar-refractivity contribution in [1.82, 2.24) is 0 Å². The van der Waals surface area contributed by atoms with Crippen LogP contribution >= 0.6 is 34.7 Å². The highest BCUT2D eigenvalue weighted by Gasteiger charge is 2.08. The molecule has 14 heavy (non-hydrogen) atoms. The number of halogens is 1. The molecule has 0 saturated heterocycles. The lowest BCUT2D eigenvalue weighted by Crippen LogP contribution is -1.75. The van der Waals surface area contributed by atoms with Crippen LogP contribution in [0.1, 0.15) is 5.56 Å². The highest BCUT2D eigenvalue weighted by Crippen LogP contribution is 2.37. The smallest absolute Gasteiger partial charge is 0.0992 e. The van der Waals surface area contributed by atoms with Crippen molar-refractivity contribution >= 4 is 44.8 Å². The fourth-order valence-electron chi connectivity index (χ4n) is 1.29. The first-order chi connectivity index (χ1) is 6.76. The van der Waals surface area contributed by atoms with Gasteiger partial charge >= 0.3 is 0 Å². The van der Waals surface area contributed by atoms with Crippen molar-refractivity contribution in [2.24, 2.45) is 0 Å². The molecule has 0 atom stereocenters. The van der Waals surface area contributed by atoms with Gasteiger partial charge in [-0.15, -0.1) is 23.1 Å². The van der Waals surface area contributed by atoms with E-state index < -0.39 is 0 Å². The molecular formula is C10H6ClNS2. The monoisotopic (exact) mass is 239 g/mol. The van der Waals surface area contributed by atoms with Gasteiger partial charge in [-0.1, -0.05) is 11.6 Å². The van der Waals surface area contributed by atoms with E-state index in [2.05, 4.69) is 11.4 Å². The second-order valence-corrected chi connectivity index (χ2v) is 4.89. The molecule has 0 unspecified atom stereocenters. The van der Waals surface area contributed by atoms with Crippen LogP contribution in [0, 0.1) is 11.3 Å². The minimum atomic E-state index is 0.621. The molecule has 0 fully saturated rings. The summed E-state index contributed by atoms with van der Waals surface area (Å²) >= 11 is 9.36. The van der Waals surface area contributed by atoms with Crippen molar-refractivity contribution in [3.05, 3.63) is 28.1 Å². The van der Waals surface area contributed by atoms with Crippen LogP contribution in [0.4, 0.5) is 0 Å². The number of thiophene rings is 1. The van der Waals surface area contributed by atoms with Crippen LogP contribution < -0.4 is 0 Å². The Bertz CT molecular complexity index is 525. The molecule has 1 nitrogen and oxygen atoms in total. The maximum Gasteiger partial charge on any atom is 0.0992 e. The molecule has 2 rings (SSSR count). The normalized spacial score (nSPS) is 10.4. The molecule has 0 bridgehead atoms. The number of hydrogen-bond acceptors (Lipinski definition) is 3. The predicted octanol–water partition coefficient (Wildman–Crippen LogP) is 4.15. The highest BCUT2D eigenvalue weighted by atomic mass is 35.5. The summed E-state index contributed by atoms with van der Waals surface area (Å²) in [5.74, 6) is 0. The lowest BCUT2D eigenvalue weighted by atomic mass is 10.2. The Hall–Kier alpha value is -0.690. The van der Waals surface area contributed by atoms with Crippen molar-refractivity contribution in [3.8, 4) is 6.07 Å². The van der Waals surface area contributed by atoms with Gasteiger partial charge in [0.1, 0.15) is 0 Å². The third-order valence-corrected chi connectivity index (χ3v) is 4.31. The van der Waals surface area contributed by atoms with Gasteiger partial charge in [-0.25, -0.2) is 0 Å². The predicted molar refractivity (Wildman–Crippen MR) is 63.3 cm³/mol. The van der Waals surface area contributed by atoms with E-state index in [9.17, 15) is 0 Å². The molecule has 4 heteroatoms. The Morgan fingerprint density at radius 3 is 2.93 bits per heavy atom. The zero-order chi connectivity index (χ0) is 10.1.